The standard InChI is InChI=1S/C32H42FN5O5S/c1-22-17-28(42-20-32(2,3)30(39)40-4)35-19-26(22)27-14-9-23(18-34-27)29-36-31(43-25-12-10-24(33)11-13-25)38(37-29)21-41-15-16-44(5,6,7)8/h9-14,17-19,44H,15-16,20-21H2,1-8H3. The SMILES string of the molecule is COC(=O)C(C)(C)COc1cc(C)c(-c2ccc(-c3nc(Oc4ccc(F)cc4)n(COCC[SH](C)(C)(C)C)n3)cn2)cn1. The van der Waals surface area contributed by atoms with Crippen molar-refractivity contribution in [1.29, 1.82) is 0 Å². The molecule has 0 aliphatic heterocycles. The van der Waals surface area contributed by atoms with Crippen LogP contribution in [0.3, 0.4) is 0 Å². The molecule has 0 aliphatic rings. The number of methoxy groups -OCH3 is 1. The number of hydrogen-bond donors (Lipinski definition) is 1. The Balaban J connectivity index is 1.51. The van der Waals surface area contributed by atoms with Crippen molar-refractivity contribution >= 4 is 15.1 Å². The van der Waals surface area contributed by atoms with E-state index < -0.39 is 14.6 Å². The molecule has 0 unspecified atom stereocenters. The normalized spacial score (nSPS) is 12.8. The van der Waals surface area contributed by atoms with Crippen LogP contribution in [0.1, 0.15) is 19.4 Å². The molecule has 3 aromatic heterocycles. The Hall–Kier alpha value is -4.03. The van der Waals surface area contributed by atoms with E-state index in [1.165, 1.54) is 31.4 Å². The minimum Gasteiger partial charge on any atom is -0.476 e. The molecule has 0 fully saturated rings. The van der Waals surface area contributed by atoms with Gasteiger partial charge in [-0.25, -0.2) is 9.37 Å². The van der Waals surface area contributed by atoms with Crippen molar-refractivity contribution in [3.05, 3.63) is 66.2 Å². The third kappa shape index (κ3) is 8.99. The summed E-state index contributed by atoms with van der Waals surface area (Å²) in [7, 11) is -0.365. The number of halogens is 1. The summed E-state index contributed by atoms with van der Waals surface area (Å²) in [5.41, 5.74) is 2.34. The van der Waals surface area contributed by atoms with Crippen LogP contribution in [-0.2, 0) is 21.0 Å². The van der Waals surface area contributed by atoms with Crippen LogP contribution in [0.15, 0.2) is 54.9 Å². The van der Waals surface area contributed by atoms with Crippen molar-refractivity contribution in [2.75, 3.05) is 51.1 Å². The maximum absolute atomic E-state index is 13.4. The highest BCUT2D eigenvalue weighted by Crippen LogP contribution is 2.54. The summed E-state index contributed by atoms with van der Waals surface area (Å²) in [4.78, 5) is 25.6. The van der Waals surface area contributed by atoms with Gasteiger partial charge in [0.2, 0.25) is 5.88 Å². The molecule has 0 radical (unpaired) electrons. The maximum Gasteiger partial charge on any atom is 0.323 e. The van der Waals surface area contributed by atoms with Crippen molar-refractivity contribution in [2.24, 2.45) is 5.41 Å². The summed E-state index contributed by atoms with van der Waals surface area (Å²) in [6.45, 7) is 6.31. The molecule has 4 aromatic rings. The van der Waals surface area contributed by atoms with E-state index in [9.17, 15) is 9.18 Å². The average Bonchev–Trinajstić information content (AvgIpc) is 3.36. The molecular weight excluding hydrogens is 585 g/mol. The molecule has 238 valence electrons. The van der Waals surface area contributed by atoms with E-state index in [-0.39, 0.29) is 31.1 Å². The highest BCUT2D eigenvalue weighted by atomic mass is 32.3. The van der Waals surface area contributed by atoms with Crippen LogP contribution < -0.4 is 9.47 Å². The van der Waals surface area contributed by atoms with Crippen molar-refractivity contribution in [3.8, 4) is 40.3 Å². The van der Waals surface area contributed by atoms with Gasteiger partial charge < -0.3 is 18.9 Å². The molecule has 3 heterocycles. The van der Waals surface area contributed by atoms with Gasteiger partial charge in [0.1, 0.15) is 24.9 Å². The smallest absolute Gasteiger partial charge is 0.323 e. The Kier molecular flexibility index (Phi) is 9.65. The van der Waals surface area contributed by atoms with E-state index in [0.717, 1.165) is 16.9 Å². The Bertz CT molecular complexity index is 1590. The molecule has 0 N–H and O–H groups in total. The molecule has 0 saturated heterocycles. The summed E-state index contributed by atoms with van der Waals surface area (Å²) < 4.78 is 37.5. The fourth-order valence-electron chi connectivity index (χ4n) is 3.95. The van der Waals surface area contributed by atoms with Crippen molar-refractivity contribution in [2.45, 2.75) is 27.5 Å². The monoisotopic (exact) mass is 627 g/mol. The average molecular weight is 628 g/mol. The molecule has 1 aromatic carbocycles. The number of aryl methyl sites for hydroxylation is 1. The maximum atomic E-state index is 13.4. The van der Waals surface area contributed by atoms with Gasteiger partial charge in [-0.1, -0.05) is 0 Å². The predicted octanol–water partition coefficient (Wildman–Crippen LogP) is 5.79. The number of nitrogens with zero attached hydrogens (tertiary/aromatic N) is 5. The first-order chi connectivity index (χ1) is 20.6. The Morgan fingerprint density at radius 2 is 1.75 bits per heavy atom. The van der Waals surface area contributed by atoms with Crippen LogP contribution in [0.4, 0.5) is 4.39 Å². The fraction of sp³-hybridized carbons (Fsp3) is 0.406. The van der Waals surface area contributed by atoms with Crippen LogP contribution in [0.2, 0.25) is 0 Å². The van der Waals surface area contributed by atoms with Crippen LogP contribution >= 0.6 is 9.16 Å². The quantitative estimate of drug-likeness (QED) is 0.112. The molecule has 12 heteroatoms. The topological polar surface area (TPSA) is 110 Å². The Labute approximate surface area is 258 Å². The first-order valence-electron chi connectivity index (χ1n) is 14.2. The molecule has 0 bridgehead atoms. The van der Waals surface area contributed by atoms with Crippen molar-refractivity contribution < 1.29 is 28.1 Å². The summed E-state index contributed by atoms with van der Waals surface area (Å²) in [5.74, 6) is 1.51. The second-order valence-corrected chi connectivity index (χ2v) is 21.8. The van der Waals surface area contributed by atoms with Gasteiger partial charge in [0.15, 0.2) is 5.82 Å². The lowest BCUT2D eigenvalue weighted by Crippen LogP contribution is -2.32. The highest BCUT2D eigenvalue weighted by Gasteiger charge is 2.30. The molecule has 0 amide bonds. The largest absolute Gasteiger partial charge is 0.476 e. The van der Waals surface area contributed by atoms with Crippen LogP contribution in [0.25, 0.3) is 22.6 Å². The van der Waals surface area contributed by atoms with Crippen LogP contribution in [-0.4, -0.2) is 81.8 Å². The van der Waals surface area contributed by atoms with E-state index in [1.807, 2.05) is 25.1 Å². The predicted molar refractivity (Wildman–Crippen MR) is 172 cm³/mol. The summed E-state index contributed by atoms with van der Waals surface area (Å²) in [6, 6.07) is 11.5. The number of carbonyl (C=O) groups excluding carboxylic acids is 1. The van der Waals surface area contributed by atoms with Gasteiger partial charge >= 0.3 is 12.0 Å². The van der Waals surface area contributed by atoms with E-state index in [2.05, 4.69) is 45.1 Å². The Morgan fingerprint density at radius 1 is 1.02 bits per heavy atom. The molecule has 0 aliphatic carbocycles. The zero-order valence-electron chi connectivity index (χ0n) is 26.6. The summed E-state index contributed by atoms with van der Waals surface area (Å²) in [6.07, 6.45) is 12.6. The lowest BCUT2D eigenvalue weighted by molar-refractivity contribution is -0.152. The lowest BCUT2D eigenvalue weighted by Gasteiger charge is -2.46. The molecule has 4 rings (SSSR count). The van der Waals surface area contributed by atoms with E-state index >= 15 is 0 Å². The number of thiol groups is 1. The number of rotatable bonds is 13. The molecule has 10 nitrogen and oxygen atoms in total. The van der Waals surface area contributed by atoms with Gasteiger partial charge in [-0.15, -0.1) is 5.10 Å². The van der Waals surface area contributed by atoms with E-state index in [1.54, 1.807) is 30.9 Å². The van der Waals surface area contributed by atoms with Gasteiger partial charge in [0.05, 0.1) is 24.8 Å². The molecule has 0 atom stereocenters. The van der Waals surface area contributed by atoms with E-state index in [4.69, 9.17) is 18.9 Å². The number of benzene rings is 1. The second-order valence-electron chi connectivity index (χ2n) is 13.4. The van der Waals surface area contributed by atoms with Crippen LogP contribution in [0.5, 0.6) is 17.6 Å². The van der Waals surface area contributed by atoms with E-state index in [0.29, 0.717) is 35.3 Å². The first-order valence-corrected chi connectivity index (χ1v) is 18.4. The van der Waals surface area contributed by atoms with Crippen LogP contribution in [0, 0.1) is 18.2 Å². The summed E-state index contributed by atoms with van der Waals surface area (Å²) in [5, 5.41) is 4.63. The number of carbonyl (C=O) groups is 1. The third-order valence-electron chi connectivity index (χ3n) is 6.71. The van der Waals surface area contributed by atoms with Gasteiger partial charge in [0.25, 0.3) is 0 Å². The molecule has 0 saturated carbocycles. The second kappa shape index (κ2) is 12.9. The number of aromatic nitrogens is 5. The fourth-order valence-corrected chi connectivity index (χ4v) is 4.81. The summed E-state index contributed by atoms with van der Waals surface area (Å²) >= 11 is 0. The van der Waals surface area contributed by atoms with Crippen molar-refractivity contribution in [1.82, 2.24) is 24.7 Å². The molecule has 0 spiro atoms. The lowest BCUT2D eigenvalue weighted by atomic mass is 9.95. The molecular formula is C32H42FN5O5S. The number of pyridine rings is 2. The minimum atomic E-state index is -1.72. The van der Waals surface area contributed by atoms with Crippen molar-refractivity contribution in [3.63, 3.8) is 0 Å². The minimum absolute atomic E-state index is 0.132. The van der Waals surface area contributed by atoms with Gasteiger partial charge in [-0.2, -0.15) is 9.67 Å². The Morgan fingerprint density at radius 3 is 2.36 bits per heavy atom. The zero-order valence-corrected chi connectivity index (χ0v) is 27.5. The first kappa shape index (κ1) is 32.9. The van der Waals surface area contributed by atoms with Gasteiger partial charge in [-0.3, -0.25) is 18.9 Å². The zero-order chi connectivity index (χ0) is 32.1. The molecule has 44 heavy (non-hydrogen) atoms. The van der Waals surface area contributed by atoms with Gasteiger partial charge in [-0.05, 0) is 93.5 Å². The highest BCUT2D eigenvalue weighted by molar-refractivity contribution is 8.47. The number of esters is 1. The number of hydrogen-bond acceptors (Lipinski definition) is 9. The van der Waals surface area contributed by atoms with Gasteiger partial charge in [0, 0.05) is 29.6 Å². The number of ether oxygens (including phenoxy) is 4. The third-order valence-corrected chi connectivity index (χ3v) is 8.68.